The number of anilines is 1. The number of benzene rings is 1. The fourth-order valence-electron chi connectivity index (χ4n) is 4.23. The Balaban J connectivity index is 1.88. The van der Waals surface area contributed by atoms with Crippen molar-refractivity contribution >= 4 is 21.6 Å². The molecule has 0 amide bonds. The van der Waals surface area contributed by atoms with Gasteiger partial charge in [0, 0.05) is 23.0 Å². The number of hydrogen-bond donors (Lipinski definition) is 1. The summed E-state index contributed by atoms with van der Waals surface area (Å²) in [6.45, 7) is 10.0. The lowest BCUT2D eigenvalue weighted by molar-refractivity contribution is 0.169. The number of piperidine rings is 1. The Morgan fingerprint density at radius 3 is 2.90 bits per heavy atom. The van der Waals surface area contributed by atoms with E-state index in [9.17, 15) is 0 Å². The van der Waals surface area contributed by atoms with Crippen LogP contribution in [0.4, 0.5) is 5.69 Å². The van der Waals surface area contributed by atoms with Crippen molar-refractivity contribution in [3.8, 4) is 5.75 Å². The first-order valence-electron chi connectivity index (χ1n) is 7.92. The number of nitrogens with zero attached hydrogens (tertiary/aromatic N) is 1. The molecule has 1 unspecified atom stereocenters. The third kappa shape index (κ3) is 2.02. The minimum absolute atomic E-state index is 0.224. The maximum atomic E-state index is 6.15. The molecule has 0 aromatic heterocycles. The molecule has 1 fully saturated rings. The summed E-state index contributed by atoms with van der Waals surface area (Å²) in [5, 5.41) is 3.57. The first-order valence-corrected chi connectivity index (χ1v) is 8.71. The second-order valence-electron chi connectivity index (χ2n) is 7.61. The molecule has 3 aliphatic heterocycles. The smallest absolute Gasteiger partial charge is 0.144 e. The number of ether oxygens (including phenoxy) is 1. The summed E-state index contributed by atoms with van der Waals surface area (Å²) in [5.74, 6) is 1.66. The first kappa shape index (κ1) is 13.9. The zero-order valence-corrected chi connectivity index (χ0v) is 14.5. The minimum atomic E-state index is 0.224. The molecule has 0 saturated carbocycles. The van der Waals surface area contributed by atoms with E-state index in [0.717, 1.165) is 29.9 Å². The van der Waals surface area contributed by atoms with E-state index in [1.54, 1.807) is 0 Å². The molecule has 3 nitrogen and oxygen atoms in total. The topological polar surface area (TPSA) is 24.5 Å². The Morgan fingerprint density at radius 1 is 1.33 bits per heavy atom. The molecule has 21 heavy (non-hydrogen) atoms. The van der Waals surface area contributed by atoms with E-state index in [-0.39, 0.29) is 5.41 Å². The third-order valence-electron chi connectivity index (χ3n) is 5.26. The zero-order valence-electron chi connectivity index (χ0n) is 12.9. The summed E-state index contributed by atoms with van der Waals surface area (Å²) in [6, 6.07) is 5.52. The van der Waals surface area contributed by atoms with Crippen LogP contribution >= 0.6 is 15.9 Å². The molecule has 114 valence electrons. The highest BCUT2D eigenvalue weighted by atomic mass is 79.9. The van der Waals surface area contributed by atoms with Gasteiger partial charge in [-0.1, -0.05) is 36.7 Å². The van der Waals surface area contributed by atoms with Crippen molar-refractivity contribution in [3.63, 3.8) is 0 Å². The minimum Gasteiger partial charge on any atom is -0.489 e. The Bertz CT molecular complexity index is 581. The molecule has 3 atom stereocenters. The molecular weight excluding hydrogens is 328 g/mol. The van der Waals surface area contributed by atoms with Gasteiger partial charge in [0.15, 0.2) is 0 Å². The largest absolute Gasteiger partial charge is 0.489 e. The lowest BCUT2D eigenvalue weighted by Crippen LogP contribution is -2.56. The maximum Gasteiger partial charge on any atom is 0.144 e. The van der Waals surface area contributed by atoms with Gasteiger partial charge in [-0.2, -0.15) is 0 Å². The zero-order chi connectivity index (χ0) is 14.8. The number of hydrogen-bond acceptors (Lipinski definition) is 3. The van der Waals surface area contributed by atoms with Crippen LogP contribution in [-0.2, 0) is 0 Å². The molecule has 0 radical (unpaired) electrons. The average molecular weight is 351 g/mol. The predicted molar refractivity (Wildman–Crippen MR) is 89.4 cm³/mol. The van der Waals surface area contributed by atoms with E-state index in [1.807, 2.05) is 0 Å². The van der Waals surface area contributed by atoms with Crippen molar-refractivity contribution in [1.82, 2.24) is 5.32 Å². The number of fused-ring (bicyclic) bond motifs is 3. The van der Waals surface area contributed by atoms with E-state index in [2.05, 4.69) is 59.1 Å². The van der Waals surface area contributed by atoms with Gasteiger partial charge in [0.05, 0.1) is 11.7 Å². The van der Waals surface area contributed by atoms with Gasteiger partial charge >= 0.3 is 0 Å². The lowest BCUT2D eigenvalue weighted by Gasteiger charge is -2.47. The van der Waals surface area contributed by atoms with E-state index in [4.69, 9.17) is 4.74 Å². The highest BCUT2D eigenvalue weighted by molar-refractivity contribution is 9.10. The molecule has 0 spiro atoms. The van der Waals surface area contributed by atoms with E-state index >= 15 is 0 Å². The van der Waals surface area contributed by atoms with Gasteiger partial charge < -0.3 is 15.0 Å². The van der Waals surface area contributed by atoms with Crippen LogP contribution in [0, 0.1) is 5.41 Å². The summed E-state index contributed by atoms with van der Waals surface area (Å²) in [7, 11) is 0. The molecular formula is C17H23BrN2O. The Kier molecular flexibility index (Phi) is 3.06. The molecule has 4 rings (SSSR count). The molecule has 1 aromatic carbocycles. The van der Waals surface area contributed by atoms with E-state index in [1.165, 1.54) is 17.7 Å². The normalized spacial score (nSPS) is 30.7. The highest BCUT2D eigenvalue weighted by Crippen LogP contribution is 2.53. The van der Waals surface area contributed by atoms with Crippen molar-refractivity contribution in [1.29, 1.82) is 0 Å². The van der Waals surface area contributed by atoms with Gasteiger partial charge in [-0.05, 0) is 36.1 Å². The second-order valence-corrected chi connectivity index (χ2v) is 8.52. The fraction of sp³-hybridized carbons (Fsp3) is 0.647. The number of rotatable bonds is 0. The predicted octanol–water partition coefficient (Wildman–Crippen LogP) is 3.52. The molecule has 1 aromatic rings. The van der Waals surface area contributed by atoms with Gasteiger partial charge in [-0.25, -0.2) is 0 Å². The van der Waals surface area contributed by atoms with Gasteiger partial charge in [0.2, 0.25) is 0 Å². The molecule has 1 N–H and O–H groups in total. The molecule has 1 saturated heterocycles. The van der Waals surface area contributed by atoms with Crippen LogP contribution in [-0.4, -0.2) is 31.8 Å². The van der Waals surface area contributed by atoms with Crippen molar-refractivity contribution in [3.05, 3.63) is 22.2 Å². The average Bonchev–Trinajstić information content (AvgIpc) is 2.74. The van der Waals surface area contributed by atoms with Crippen molar-refractivity contribution < 1.29 is 4.74 Å². The first-order chi connectivity index (χ1) is 9.97. The molecule has 0 bridgehead atoms. The standard InChI is InChI=1S/C17H23BrN2O/c1-17(2,3)15-9-21-14-7-10(18)6-11-12-8-19-5-4-13(12)20(15)16(11)14/h6-7,12-13,15,19H,4-5,8-9H2,1-3H3/t12-,13-,15?/m0/s1. The van der Waals surface area contributed by atoms with Gasteiger partial charge in [-0.3, -0.25) is 0 Å². The van der Waals surface area contributed by atoms with Crippen molar-refractivity contribution in [2.24, 2.45) is 5.41 Å². The van der Waals surface area contributed by atoms with E-state index in [0.29, 0.717) is 18.0 Å². The van der Waals surface area contributed by atoms with E-state index < -0.39 is 0 Å². The van der Waals surface area contributed by atoms with Crippen LogP contribution in [0.15, 0.2) is 16.6 Å². The molecule has 3 heterocycles. The van der Waals surface area contributed by atoms with Crippen LogP contribution in [0.3, 0.4) is 0 Å². The number of halogens is 1. The fourth-order valence-corrected chi connectivity index (χ4v) is 4.68. The summed E-state index contributed by atoms with van der Waals surface area (Å²) in [6.07, 6.45) is 1.23. The van der Waals surface area contributed by atoms with Gasteiger partial charge in [0.25, 0.3) is 0 Å². The summed E-state index contributed by atoms with van der Waals surface area (Å²) >= 11 is 3.65. The molecule has 4 heteroatoms. The number of nitrogens with one attached hydrogen (secondary N) is 1. The summed E-state index contributed by atoms with van der Waals surface area (Å²) < 4.78 is 7.28. The maximum absolute atomic E-state index is 6.15. The van der Waals surface area contributed by atoms with Crippen LogP contribution in [0.25, 0.3) is 0 Å². The van der Waals surface area contributed by atoms with Gasteiger partial charge in [0.1, 0.15) is 12.4 Å². The van der Waals surface area contributed by atoms with Gasteiger partial charge in [-0.15, -0.1) is 0 Å². The Hall–Kier alpha value is -0.740. The second kappa shape index (κ2) is 4.63. The van der Waals surface area contributed by atoms with Crippen molar-refractivity contribution in [2.75, 3.05) is 24.6 Å². The molecule has 0 aliphatic carbocycles. The molecule has 3 aliphatic rings. The third-order valence-corrected chi connectivity index (χ3v) is 5.72. The summed E-state index contributed by atoms with van der Waals surface area (Å²) in [4.78, 5) is 2.70. The Morgan fingerprint density at radius 2 is 2.14 bits per heavy atom. The quantitative estimate of drug-likeness (QED) is 0.774. The monoisotopic (exact) mass is 350 g/mol. The van der Waals surface area contributed by atoms with Crippen LogP contribution < -0.4 is 15.0 Å². The highest BCUT2D eigenvalue weighted by Gasteiger charge is 2.49. The summed E-state index contributed by atoms with van der Waals surface area (Å²) in [5.41, 5.74) is 3.05. The van der Waals surface area contributed by atoms with Crippen LogP contribution in [0.2, 0.25) is 0 Å². The Labute approximate surface area is 135 Å². The SMILES string of the molecule is CC(C)(C)C1COc2cc(Br)cc3c2N1[C@H]1CCNC[C@@H]31. The van der Waals surface area contributed by atoms with Crippen LogP contribution in [0.1, 0.15) is 38.7 Å². The lowest BCUT2D eigenvalue weighted by atomic mass is 9.83. The van der Waals surface area contributed by atoms with Crippen LogP contribution in [0.5, 0.6) is 5.75 Å². The van der Waals surface area contributed by atoms with Crippen molar-refractivity contribution in [2.45, 2.75) is 45.2 Å².